The summed E-state index contributed by atoms with van der Waals surface area (Å²) in [7, 11) is 0. The summed E-state index contributed by atoms with van der Waals surface area (Å²) < 4.78 is 2.21. The number of imidazole rings is 1. The van der Waals surface area contributed by atoms with E-state index in [9.17, 15) is 9.90 Å². The van der Waals surface area contributed by atoms with Crippen molar-refractivity contribution >= 4 is 17.0 Å². The fourth-order valence-corrected chi connectivity index (χ4v) is 3.76. The summed E-state index contributed by atoms with van der Waals surface area (Å²) in [5, 5.41) is 9.29. The molecule has 2 atom stereocenters. The molecule has 1 aliphatic rings. The molecule has 1 heterocycles. The summed E-state index contributed by atoms with van der Waals surface area (Å²) >= 11 is 0. The van der Waals surface area contributed by atoms with Crippen LogP contribution in [0.3, 0.4) is 0 Å². The summed E-state index contributed by atoms with van der Waals surface area (Å²) in [6.07, 6.45) is 6.78. The number of fused-ring (bicyclic) bond motifs is 1. The van der Waals surface area contributed by atoms with Gasteiger partial charge in [-0.2, -0.15) is 0 Å². The van der Waals surface area contributed by atoms with Gasteiger partial charge >= 0.3 is 5.97 Å². The van der Waals surface area contributed by atoms with Crippen LogP contribution in [0.4, 0.5) is 0 Å². The van der Waals surface area contributed by atoms with Gasteiger partial charge in [-0.1, -0.05) is 32.8 Å². The fraction of sp³-hybridized carbons (Fsp3) is 0.529. The highest BCUT2D eigenvalue weighted by atomic mass is 16.4. The van der Waals surface area contributed by atoms with Crippen molar-refractivity contribution in [1.82, 2.24) is 9.55 Å². The van der Waals surface area contributed by atoms with Gasteiger partial charge in [0.1, 0.15) is 5.52 Å². The van der Waals surface area contributed by atoms with E-state index in [-0.39, 0.29) is 0 Å². The molecule has 3 rings (SSSR count). The highest BCUT2D eigenvalue weighted by Gasteiger charge is 2.30. The molecule has 1 aromatic carbocycles. The maximum atomic E-state index is 11.3. The first kappa shape index (κ1) is 14.1. The number of nitrogens with zero attached hydrogens (tertiary/aromatic N) is 2. The third kappa shape index (κ3) is 2.43. The Labute approximate surface area is 124 Å². The van der Waals surface area contributed by atoms with Gasteiger partial charge in [0.2, 0.25) is 0 Å². The number of hydrogen-bond donors (Lipinski definition) is 1. The van der Waals surface area contributed by atoms with Crippen molar-refractivity contribution in [3.05, 3.63) is 30.1 Å². The van der Waals surface area contributed by atoms with Gasteiger partial charge in [-0.3, -0.25) is 0 Å². The van der Waals surface area contributed by atoms with Crippen molar-refractivity contribution < 1.29 is 9.90 Å². The van der Waals surface area contributed by atoms with Crippen LogP contribution >= 0.6 is 0 Å². The molecule has 2 aromatic rings. The average molecular weight is 286 g/mol. The number of benzene rings is 1. The summed E-state index contributed by atoms with van der Waals surface area (Å²) in [5.74, 6) is 0.370. The molecular formula is C17H22N2O2. The molecule has 4 heteroatoms. The molecule has 1 aromatic heterocycles. The Balaban J connectivity index is 2.08. The van der Waals surface area contributed by atoms with Crippen molar-refractivity contribution in [3.8, 4) is 0 Å². The first-order valence-corrected chi connectivity index (χ1v) is 7.78. The minimum absolute atomic E-state index is 0.295. The Bertz CT molecular complexity index is 660. The molecule has 1 saturated carbocycles. The number of carboxylic acids is 1. The monoisotopic (exact) mass is 286 g/mol. The van der Waals surface area contributed by atoms with E-state index in [1.54, 1.807) is 6.07 Å². The molecule has 0 radical (unpaired) electrons. The highest BCUT2D eigenvalue weighted by molar-refractivity contribution is 6.00. The summed E-state index contributed by atoms with van der Waals surface area (Å²) in [6, 6.07) is 5.87. The standard InChI is InChI=1S/C17H22N2O2/c1-11(2)12-6-3-4-8-14(12)19-10-18-16-13(17(20)21)7-5-9-15(16)19/h5,7,9-12,14H,3-4,6,8H2,1-2H3,(H,20,21). The molecule has 1 fully saturated rings. The number of carboxylic acid groups (broad SMARTS) is 1. The summed E-state index contributed by atoms with van der Waals surface area (Å²) in [4.78, 5) is 15.7. The van der Waals surface area contributed by atoms with Gasteiger partial charge in [-0.15, -0.1) is 0 Å². The van der Waals surface area contributed by atoms with E-state index in [1.807, 2.05) is 18.5 Å². The maximum Gasteiger partial charge on any atom is 0.337 e. The largest absolute Gasteiger partial charge is 0.478 e. The van der Waals surface area contributed by atoms with E-state index < -0.39 is 5.97 Å². The zero-order valence-corrected chi connectivity index (χ0v) is 12.6. The Kier molecular flexibility index (Phi) is 3.70. The Morgan fingerprint density at radius 2 is 2.10 bits per heavy atom. The van der Waals surface area contributed by atoms with Crippen molar-refractivity contribution in [2.45, 2.75) is 45.6 Å². The quantitative estimate of drug-likeness (QED) is 0.923. The Morgan fingerprint density at radius 3 is 2.81 bits per heavy atom. The molecule has 21 heavy (non-hydrogen) atoms. The topological polar surface area (TPSA) is 55.1 Å². The zero-order chi connectivity index (χ0) is 15.0. The van der Waals surface area contributed by atoms with E-state index >= 15 is 0 Å². The Hall–Kier alpha value is -1.84. The van der Waals surface area contributed by atoms with Crippen LogP contribution < -0.4 is 0 Å². The number of hydrogen-bond acceptors (Lipinski definition) is 2. The third-order valence-electron chi connectivity index (χ3n) is 4.83. The van der Waals surface area contributed by atoms with Crippen molar-refractivity contribution in [3.63, 3.8) is 0 Å². The Morgan fingerprint density at radius 1 is 1.33 bits per heavy atom. The number of rotatable bonds is 3. The third-order valence-corrected chi connectivity index (χ3v) is 4.83. The van der Waals surface area contributed by atoms with Crippen LogP contribution in [0.25, 0.3) is 11.0 Å². The number of aromatic carboxylic acids is 1. The van der Waals surface area contributed by atoms with Crippen LogP contribution in [0.15, 0.2) is 24.5 Å². The lowest BCUT2D eigenvalue weighted by Gasteiger charge is -2.35. The van der Waals surface area contributed by atoms with Crippen molar-refractivity contribution in [1.29, 1.82) is 0 Å². The smallest absolute Gasteiger partial charge is 0.337 e. The van der Waals surface area contributed by atoms with E-state index in [2.05, 4.69) is 23.4 Å². The average Bonchev–Trinajstić information content (AvgIpc) is 2.90. The molecule has 0 bridgehead atoms. The lowest BCUT2D eigenvalue weighted by molar-refractivity contribution is 0.0699. The van der Waals surface area contributed by atoms with Crippen LogP contribution in [-0.2, 0) is 0 Å². The molecule has 0 amide bonds. The van der Waals surface area contributed by atoms with Crippen molar-refractivity contribution in [2.75, 3.05) is 0 Å². The van der Waals surface area contributed by atoms with Crippen molar-refractivity contribution in [2.24, 2.45) is 11.8 Å². The molecule has 112 valence electrons. The molecule has 0 aliphatic heterocycles. The van der Waals surface area contributed by atoms with Crippen LogP contribution in [0.1, 0.15) is 55.9 Å². The second-order valence-corrected chi connectivity index (χ2v) is 6.39. The van der Waals surface area contributed by atoms with Gasteiger partial charge in [-0.05, 0) is 36.8 Å². The number of para-hydroxylation sites is 1. The predicted octanol–water partition coefficient (Wildman–Crippen LogP) is 4.12. The predicted molar refractivity (Wildman–Crippen MR) is 82.5 cm³/mol. The van der Waals surface area contributed by atoms with Gasteiger partial charge < -0.3 is 9.67 Å². The van der Waals surface area contributed by atoms with Crippen LogP contribution in [-0.4, -0.2) is 20.6 Å². The van der Waals surface area contributed by atoms with Crippen LogP contribution in [0.2, 0.25) is 0 Å². The van der Waals surface area contributed by atoms with Gasteiger partial charge in [0.15, 0.2) is 0 Å². The van der Waals surface area contributed by atoms with Gasteiger partial charge in [0.05, 0.1) is 17.4 Å². The SMILES string of the molecule is CC(C)C1CCCCC1n1cnc2c(C(=O)O)cccc21. The zero-order valence-electron chi connectivity index (χ0n) is 12.6. The molecule has 1 N–H and O–H groups in total. The highest BCUT2D eigenvalue weighted by Crippen LogP contribution is 2.39. The van der Waals surface area contributed by atoms with Gasteiger partial charge in [0, 0.05) is 6.04 Å². The molecule has 1 aliphatic carbocycles. The summed E-state index contributed by atoms with van der Waals surface area (Å²) in [6.45, 7) is 4.57. The van der Waals surface area contributed by atoms with Gasteiger partial charge in [0.25, 0.3) is 0 Å². The molecule has 0 saturated heterocycles. The van der Waals surface area contributed by atoms with E-state index in [1.165, 1.54) is 19.3 Å². The van der Waals surface area contributed by atoms with Gasteiger partial charge in [-0.25, -0.2) is 9.78 Å². The minimum Gasteiger partial charge on any atom is -0.478 e. The van der Waals surface area contributed by atoms with E-state index in [0.717, 1.165) is 11.9 Å². The second kappa shape index (κ2) is 5.51. The molecule has 0 spiro atoms. The minimum atomic E-state index is -0.907. The normalized spacial score (nSPS) is 22.8. The maximum absolute atomic E-state index is 11.3. The second-order valence-electron chi connectivity index (χ2n) is 6.39. The number of aromatic nitrogens is 2. The molecule has 2 unspecified atom stereocenters. The lowest BCUT2D eigenvalue weighted by atomic mass is 9.77. The number of carbonyl (C=O) groups is 1. The first-order valence-electron chi connectivity index (χ1n) is 7.78. The van der Waals surface area contributed by atoms with Crippen LogP contribution in [0.5, 0.6) is 0 Å². The molecular weight excluding hydrogens is 264 g/mol. The van der Waals surface area contributed by atoms with Crippen LogP contribution in [0, 0.1) is 11.8 Å². The summed E-state index contributed by atoms with van der Waals surface area (Å²) in [5.41, 5.74) is 1.86. The first-order chi connectivity index (χ1) is 10.1. The van der Waals surface area contributed by atoms with E-state index in [4.69, 9.17) is 0 Å². The van der Waals surface area contributed by atoms with E-state index in [0.29, 0.717) is 29.0 Å². The fourth-order valence-electron chi connectivity index (χ4n) is 3.76. The molecule has 4 nitrogen and oxygen atoms in total. The lowest BCUT2D eigenvalue weighted by Crippen LogP contribution is -2.26.